The highest BCUT2D eigenvalue weighted by molar-refractivity contribution is 9.10. The minimum atomic E-state index is -0.450. The summed E-state index contributed by atoms with van der Waals surface area (Å²) in [4.78, 5) is 25.4. The van der Waals surface area contributed by atoms with Crippen molar-refractivity contribution in [2.75, 3.05) is 27.2 Å². The Balaban J connectivity index is 2.44. The molecule has 0 spiro atoms. The third-order valence-corrected chi connectivity index (χ3v) is 3.85. The van der Waals surface area contributed by atoms with Crippen LogP contribution in [-0.2, 0) is 11.3 Å². The van der Waals surface area contributed by atoms with E-state index < -0.39 is 6.03 Å². The van der Waals surface area contributed by atoms with Gasteiger partial charge in [0, 0.05) is 23.1 Å². The summed E-state index contributed by atoms with van der Waals surface area (Å²) < 4.78 is 6.27. The van der Waals surface area contributed by atoms with Gasteiger partial charge in [-0.2, -0.15) is 0 Å². The van der Waals surface area contributed by atoms with Crippen LogP contribution < -0.4 is 15.4 Å². The highest BCUT2D eigenvalue weighted by Gasteiger charge is 2.13. The molecule has 0 atom stereocenters. The smallest absolute Gasteiger partial charge is 0.321 e. The Morgan fingerprint density at radius 3 is 2.67 bits per heavy atom. The summed E-state index contributed by atoms with van der Waals surface area (Å²) in [6.45, 7) is 5.37. The number of nitrogens with zero attached hydrogens (tertiary/aromatic N) is 1. The average Bonchev–Trinajstić information content (AvgIpc) is 2.46. The van der Waals surface area contributed by atoms with E-state index in [0.29, 0.717) is 19.0 Å². The number of halogens is 1. The van der Waals surface area contributed by atoms with Crippen LogP contribution in [0.5, 0.6) is 5.75 Å². The van der Waals surface area contributed by atoms with Gasteiger partial charge >= 0.3 is 6.03 Å². The number of urea groups is 1. The van der Waals surface area contributed by atoms with E-state index in [1.165, 1.54) is 0 Å². The number of benzene rings is 1. The maximum absolute atomic E-state index is 11.9. The molecule has 134 valence electrons. The number of nitrogens with one attached hydrogen (secondary N) is 2. The Morgan fingerprint density at radius 2 is 2.04 bits per heavy atom. The van der Waals surface area contributed by atoms with Crippen molar-refractivity contribution in [2.45, 2.75) is 26.8 Å². The molecule has 0 fully saturated rings. The maximum Gasteiger partial charge on any atom is 0.321 e. The van der Waals surface area contributed by atoms with Crippen LogP contribution in [-0.4, -0.2) is 44.1 Å². The Labute approximate surface area is 152 Å². The number of rotatable bonds is 8. The number of carbonyl (C=O) groups is 2. The van der Waals surface area contributed by atoms with Gasteiger partial charge in [-0.3, -0.25) is 15.0 Å². The van der Waals surface area contributed by atoms with Gasteiger partial charge in [-0.15, -0.1) is 0 Å². The summed E-state index contributed by atoms with van der Waals surface area (Å²) in [6, 6.07) is 5.27. The van der Waals surface area contributed by atoms with E-state index in [1.54, 1.807) is 7.11 Å². The van der Waals surface area contributed by atoms with Gasteiger partial charge in [0.05, 0.1) is 13.7 Å². The lowest BCUT2D eigenvalue weighted by molar-refractivity contribution is -0.120. The van der Waals surface area contributed by atoms with Crippen molar-refractivity contribution in [2.24, 2.45) is 5.92 Å². The number of methoxy groups -OCH3 is 1. The summed E-state index contributed by atoms with van der Waals surface area (Å²) in [5.41, 5.74) is 0.962. The zero-order valence-corrected chi connectivity index (χ0v) is 16.3. The standard InChI is InChI=1S/C17H26BrN3O3/c1-12(2)7-8-19-17(23)20-16(22)11-21(3)10-13-9-14(18)5-6-15(13)24-4/h5-6,9,12H,7-8,10-11H2,1-4H3,(H2,19,20,22,23). The van der Waals surface area contributed by atoms with Crippen LogP contribution in [0.1, 0.15) is 25.8 Å². The van der Waals surface area contributed by atoms with Crippen LogP contribution >= 0.6 is 15.9 Å². The highest BCUT2D eigenvalue weighted by Crippen LogP contribution is 2.23. The van der Waals surface area contributed by atoms with Gasteiger partial charge in [0.2, 0.25) is 5.91 Å². The molecule has 1 aromatic carbocycles. The predicted molar refractivity (Wildman–Crippen MR) is 98.0 cm³/mol. The average molecular weight is 400 g/mol. The summed E-state index contributed by atoms with van der Waals surface area (Å²) >= 11 is 3.43. The largest absolute Gasteiger partial charge is 0.496 e. The molecular formula is C17H26BrN3O3. The van der Waals surface area contributed by atoms with Crippen molar-refractivity contribution in [3.05, 3.63) is 28.2 Å². The molecule has 0 saturated carbocycles. The van der Waals surface area contributed by atoms with Gasteiger partial charge in [-0.05, 0) is 37.6 Å². The van der Waals surface area contributed by atoms with Gasteiger partial charge in [-0.25, -0.2) is 4.79 Å². The molecule has 0 bridgehead atoms. The van der Waals surface area contributed by atoms with Crippen molar-refractivity contribution < 1.29 is 14.3 Å². The van der Waals surface area contributed by atoms with Crippen molar-refractivity contribution in [1.29, 1.82) is 0 Å². The molecule has 0 aliphatic carbocycles. The Kier molecular flexibility index (Phi) is 8.78. The minimum Gasteiger partial charge on any atom is -0.496 e. The second-order valence-electron chi connectivity index (χ2n) is 6.12. The Hall–Kier alpha value is -1.60. The third-order valence-electron chi connectivity index (χ3n) is 3.36. The maximum atomic E-state index is 11.9. The van der Waals surface area contributed by atoms with Gasteiger partial charge < -0.3 is 10.1 Å². The van der Waals surface area contributed by atoms with Gasteiger partial charge in [-0.1, -0.05) is 29.8 Å². The fraction of sp³-hybridized carbons (Fsp3) is 0.529. The van der Waals surface area contributed by atoms with Crippen LogP contribution in [0.15, 0.2) is 22.7 Å². The number of imide groups is 1. The molecule has 0 aliphatic rings. The minimum absolute atomic E-state index is 0.118. The van der Waals surface area contributed by atoms with E-state index >= 15 is 0 Å². The number of likely N-dealkylation sites (N-methyl/N-ethyl adjacent to an activating group) is 1. The SMILES string of the molecule is COc1ccc(Br)cc1CN(C)CC(=O)NC(=O)NCCC(C)C. The Bertz CT molecular complexity index is 564. The van der Waals surface area contributed by atoms with Gasteiger partial charge in [0.25, 0.3) is 0 Å². The lowest BCUT2D eigenvalue weighted by Gasteiger charge is -2.18. The van der Waals surface area contributed by atoms with Crippen LogP contribution in [0, 0.1) is 5.92 Å². The lowest BCUT2D eigenvalue weighted by atomic mass is 10.1. The number of carbonyl (C=O) groups excluding carboxylic acids is 2. The molecule has 6 nitrogen and oxygen atoms in total. The molecule has 0 unspecified atom stereocenters. The van der Waals surface area contributed by atoms with E-state index in [1.807, 2.05) is 30.1 Å². The second-order valence-corrected chi connectivity index (χ2v) is 7.03. The fourth-order valence-electron chi connectivity index (χ4n) is 2.15. The molecular weight excluding hydrogens is 374 g/mol. The second kappa shape index (κ2) is 10.3. The van der Waals surface area contributed by atoms with Gasteiger partial charge in [0.15, 0.2) is 0 Å². The molecule has 24 heavy (non-hydrogen) atoms. The quantitative estimate of drug-likeness (QED) is 0.704. The molecule has 3 amide bonds. The first-order valence-electron chi connectivity index (χ1n) is 7.90. The van der Waals surface area contributed by atoms with Crippen molar-refractivity contribution in [1.82, 2.24) is 15.5 Å². The lowest BCUT2D eigenvalue weighted by Crippen LogP contribution is -2.44. The first-order valence-corrected chi connectivity index (χ1v) is 8.69. The van der Waals surface area contributed by atoms with Crippen molar-refractivity contribution in [3.63, 3.8) is 0 Å². The summed E-state index contributed by atoms with van der Waals surface area (Å²) in [5.74, 6) is 0.928. The number of hydrogen-bond donors (Lipinski definition) is 2. The molecule has 1 aromatic rings. The summed E-state index contributed by atoms with van der Waals surface area (Å²) in [5, 5.41) is 5.02. The van der Waals surface area contributed by atoms with Crippen LogP contribution in [0.25, 0.3) is 0 Å². The molecule has 0 radical (unpaired) electrons. The predicted octanol–water partition coefficient (Wildman–Crippen LogP) is 2.76. The van der Waals surface area contributed by atoms with Crippen LogP contribution in [0.3, 0.4) is 0 Å². The van der Waals surface area contributed by atoms with Gasteiger partial charge in [0.1, 0.15) is 5.75 Å². The fourth-order valence-corrected chi connectivity index (χ4v) is 2.56. The molecule has 0 saturated heterocycles. The Morgan fingerprint density at radius 1 is 1.33 bits per heavy atom. The number of ether oxygens (including phenoxy) is 1. The molecule has 0 heterocycles. The first kappa shape index (κ1) is 20.4. The van der Waals surface area contributed by atoms with E-state index in [2.05, 4.69) is 40.4 Å². The molecule has 1 rings (SSSR count). The first-order chi connectivity index (χ1) is 11.3. The van der Waals surface area contributed by atoms with E-state index in [4.69, 9.17) is 4.74 Å². The van der Waals surface area contributed by atoms with Crippen LogP contribution in [0.2, 0.25) is 0 Å². The van der Waals surface area contributed by atoms with Crippen molar-refractivity contribution >= 4 is 27.9 Å². The molecule has 2 N–H and O–H groups in total. The van der Waals surface area contributed by atoms with E-state index in [0.717, 1.165) is 22.2 Å². The zero-order valence-electron chi connectivity index (χ0n) is 14.7. The van der Waals surface area contributed by atoms with Crippen LogP contribution in [0.4, 0.5) is 4.79 Å². The molecule has 7 heteroatoms. The topological polar surface area (TPSA) is 70.7 Å². The normalized spacial score (nSPS) is 10.8. The third kappa shape index (κ3) is 7.79. The number of amides is 3. The van der Waals surface area contributed by atoms with Crippen molar-refractivity contribution in [3.8, 4) is 5.75 Å². The molecule has 0 aliphatic heterocycles. The number of hydrogen-bond acceptors (Lipinski definition) is 4. The van der Waals surface area contributed by atoms with E-state index in [-0.39, 0.29) is 12.5 Å². The summed E-state index contributed by atoms with van der Waals surface area (Å²) in [7, 11) is 3.43. The van der Waals surface area contributed by atoms with E-state index in [9.17, 15) is 9.59 Å². The zero-order chi connectivity index (χ0) is 18.1. The highest BCUT2D eigenvalue weighted by atomic mass is 79.9. The summed E-state index contributed by atoms with van der Waals surface area (Å²) in [6.07, 6.45) is 0.879. The molecule has 0 aromatic heterocycles. The monoisotopic (exact) mass is 399 g/mol.